The highest BCUT2D eigenvalue weighted by Crippen LogP contribution is 2.24. The largest absolute Gasteiger partial charge is 0.383 e. The Morgan fingerprint density at radius 2 is 2.04 bits per heavy atom. The highest BCUT2D eigenvalue weighted by molar-refractivity contribution is 5.98. The van der Waals surface area contributed by atoms with Crippen molar-refractivity contribution in [1.82, 2.24) is 10.3 Å². The number of rotatable bonds is 5. The van der Waals surface area contributed by atoms with Gasteiger partial charge in [0.2, 0.25) is 0 Å². The van der Waals surface area contributed by atoms with E-state index in [1.807, 2.05) is 0 Å². The van der Waals surface area contributed by atoms with Crippen LogP contribution < -0.4 is 10.2 Å². The van der Waals surface area contributed by atoms with E-state index in [4.69, 9.17) is 0 Å². The van der Waals surface area contributed by atoms with E-state index in [0.717, 1.165) is 12.1 Å². The number of hydrogen-bond acceptors (Lipinski definition) is 4. The van der Waals surface area contributed by atoms with Crippen LogP contribution in [0.25, 0.3) is 0 Å². The van der Waals surface area contributed by atoms with Gasteiger partial charge in [-0.05, 0) is 25.1 Å². The maximum atomic E-state index is 13.8. The number of benzene rings is 1. The molecule has 0 saturated carbocycles. The van der Waals surface area contributed by atoms with Crippen molar-refractivity contribution in [3.8, 4) is 0 Å². The Balaban J connectivity index is 2.16. The van der Waals surface area contributed by atoms with Crippen LogP contribution in [0.2, 0.25) is 0 Å². The van der Waals surface area contributed by atoms with E-state index in [-0.39, 0.29) is 12.1 Å². The lowest BCUT2D eigenvalue weighted by molar-refractivity contribution is 0.0494. The first-order valence-electron chi connectivity index (χ1n) is 7.31. The topological polar surface area (TPSA) is 65.5 Å². The number of nitrogens with zero attached hydrogens (tertiary/aromatic N) is 2. The van der Waals surface area contributed by atoms with Crippen molar-refractivity contribution in [2.75, 3.05) is 25.5 Å². The molecule has 5 nitrogen and oxygen atoms in total. The third-order valence-electron chi connectivity index (χ3n) is 3.56. The van der Waals surface area contributed by atoms with Gasteiger partial charge in [-0.15, -0.1) is 0 Å². The number of aliphatic hydroxyl groups is 1. The summed E-state index contributed by atoms with van der Waals surface area (Å²) in [7, 11) is 3.51. The molecule has 128 valence electrons. The van der Waals surface area contributed by atoms with Crippen LogP contribution in [0.3, 0.4) is 0 Å². The molecule has 0 aliphatic carbocycles. The normalized spacial score (nSPS) is 13.2. The van der Waals surface area contributed by atoms with E-state index in [2.05, 4.69) is 10.3 Å². The molecule has 0 aliphatic rings. The minimum absolute atomic E-state index is 0.0942. The molecule has 0 bridgehead atoms. The number of carbonyl (C=O) groups is 1. The Morgan fingerprint density at radius 1 is 1.33 bits per heavy atom. The van der Waals surface area contributed by atoms with Gasteiger partial charge in [0, 0.05) is 31.9 Å². The molecular weight excluding hydrogens is 316 g/mol. The molecule has 1 amide bonds. The number of halogens is 2. The summed E-state index contributed by atoms with van der Waals surface area (Å²) in [4.78, 5) is 18.2. The lowest BCUT2D eigenvalue weighted by Gasteiger charge is -2.25. The first-order chi connectivity index (χ1) is 11.2. The van der Waals surface area contributed by atoms with Gasteiger partial charge < -0.3 is 15.3 Å². The van der Waals surface area contributed by atoms with Crippen LogP contribution in [-0.4, -0.2) is 36.6 Å². The fourth-order valence-electron chi connectivity index (χ4n) is 2.30. The summed E-state index contributed by atoms with van der Waals surface area (Å²) >= 11 is 0. The summed E-state index contributed by atoms with van der Waals surface area (Å²) < 4.78 is 26.8. The molecule has 0 aliphatic heterocycles. The van der Waals surface area contributed by atoms with Gasteiger partial charge in [-0.25, -0.2) is 13.8 Å². The summed E-state index contributed by atoms with van der Waals surface area (Å²) in [5.74, 6) is -1.58. The van der Waals surface area contributed by atoms with Gasteiger partial charge in [0.15, 0.2) is 0 Å². The van der Waals surface area contributed by atoms with Gasteiger partial charge in [-0.2, -0.15) is 0 Å². The maximum absolute atomic E-state index is 13.8. The second-order valence-corrected chi connectivity index (χ2v) is 5.85. The third-order valence-corrected chi connectivity index (χ3v) is 3.56. The van der Waals surface area contributed by atoms with Gasteiger partial charge in [-0.1, -0.05) is 6.07 Å². The fraction of sp³-hybridized carbons (Fsp3) is 0.294. The van der Waals surface area contributed by atoms with Gasteiger partial charge in [0.05, 0.1) is 12.1 Å². The second kappa shape index (κ2) is 6.92. The highest BCUT2D eigenvalue weighted by atomic mass is 19.1. The average molecular weight is 335 g/mol. The number of pyridine rings is 1. The Kier molecular flexibility index (Phi) is 5.14. The molecule has 7 heteroatoms. The van der Waals surface area contributed by atoms with Crippen LogP contribution in [0.15, 0.2) is 36.5 Å². The van der Waals surface area contributed by atoms with E-state index >= 15 is 0 Å². The van der Waals surface area contributed by atoms with Gasteiger partial charge >= 0.3 is 0 Å². The monoisotopic (exact) mass is 335 g/mol. The van der Waals surface area contributed by atoms with Crippen molar-refractivity contribution < 1.29 is 18.7 Å². The first kappa shape index (κ1) is 17.8. The summed E-state index contributed by atoms with van der Waals surface area (Å²) in [6.07, 6.45) is 1.57. The molecule has 2 rings (SSSR count). The predicted octanol–water partition coefficient (Wildman–Crippen LogP) is 2.06. The molecule has 0 radical (unpaired) electrons. The van der Waals surface area contributed by atoms with E-state index in [1.54, 1.807) is 37.3 Å². The maximum Gasteiger partial charge on any atom is 0.255 e. The number of nitrogens with one attached hydrogen (secondary N) is 1. The molecule has 1 aromatic carbocycles. The van der Waals surface area contributed by atoms with Crippen molar-refractivity contribution in [3.05, 3.63) is 59.3 Å². The van der Waals surface area contributed by atoms with E-state index < -0.39 is 23.1 Å². The van der Waals surface area contributed by atoms with Crippen LogP contribution in [-0.2, 0) is 5.60 Å². The van der Waals surface area contributed by atoms with Crippen LogP contribution in [0.4, 0.5) is 14.6 Å². The second-order valence-electron chi connectivity index (χ2n) is 5.85. The molecule has 1 heterocycles. The zero-order chi connectivity index (χ0) is 17.9. The van der Waals surface area contributed by atoms with Crippen molar-refractivity contribution in [3.63, 3.8) is 0 Å². The molecule has 0 spiro atoms. The zero-order valence-corrected chi connectivity index (χ0v) is 13.7. The lowest BCUT2D eigenvalue weighted by Crippen LogP contribution is -2.39. The molecule has 1 atom stereocenters. The van der Waals surface area contributed by atoms with Crippen LogP contribution in [0, 0.1) is 11.6 Å². The molecule has 0 fully saturated rings. The van der Waals surface area contributed by atoms with E-state index in [0.29, 0.717) is 17.4 Å². The quantitative estimate of drug-likeness (QED) is 0.878. The molecule has 2 aromatic rings. The Labute approximate surface area is 138 Å². The molecule has 24 heavy (non-hydrogen) atoms. The minimum Gasteiger partial charge on any atom is -0.383 e. The van der Waals surface area contributed by atoms with E-state index in [9.17, 15) is 18.7 Å². The smallest absolute Gasteiger partial charge is 0.255 e. The number of hydrogen-bond donors (Lipinski definition) is 2. The van der Waals surface area contributed by atoms with Crippen molar-refractivity contribution >= 4 is 11.7 Å². The Morgan fingerprint density at radius 3 is 2.67 bits per heavy atom. The molecular formula is C17H19F2N3O2. The van der Waals surface area contributed by atoms with Crippen molar-refractivity contribution in [1.29, 1.82) is 0 Å². The van der Waals surface area contributed by atoms with Crippen LogP contribution >= 0.6 is 0 Å². The standard InChI is InChI=1S/C17H19F2N3O2/c1-17(24,13-7-6-11(18)9-14(13)19)10-21-16(23)12-5-4-8-20-15(12)22(2)3/h4-9,24H,10H2,1-3H3,(H,21,23). The summed E-state index contributed by atoms with van der Waals surface area (Å²) in [5.41, 5.74) is -1.45. The van der Waals surface area contributed by atoms with Crippen molar-refractivity contribution in [2.24, 2.45) is 0 Å². The van der Waals surface area contributed by atoms with Gasteiger partial charge in [0.25, 0.3) is 5.91 Å². The molecule has 1 unspecified atom stereocenters. The lowest BCUT2D eigenvalue weighted by atomic mass is 9.95. The number of amides is 1. The third kappa shape index (κ3) is 3.86. The van der Waals surface area contributed by atoms with E-state index in [1.165, 1.54) is 6.92 Å². The highest BCUT2D eigenvalue weighted by Gasteiger charge is 2.28. The average Bonchev–Trinajstić information content (AvgIpc) is 2.52. The predicted molar refractivity (Wildman–Crippen MR) is 86.8 cm³/mol. The van der Waals surface area contributed by atoms with Gasteiger partial charge in [0.1, 0.15) is 23.1 Å². The fourth-order valence-corrected chi connectivity index (χ4v) is 2.30. The number of anilines is 1. The molecule has 0 saturated heterocycles. The Hall–Kier alpha value is -2.54. The summed E-state index contributed by atoms with van der Waals surface area (Å²) in [6, 6.07) is 6.13. The summed E-state index contributed by atoms with van der Waals surface area (Å²) in [5, 5.41) is 13.0. The SMILES string of the molecule is CN(C)c1ncccc1C(=O)NCC(C)(O)c1ccc(F)cc1F. The first-order valence-corrected chi connectivity index (χ1v) is 7.31. The molecule has 1 aromatic heterocycles. The van der Waals surface area contributed by atoms with Crippen LogP contribution in [0.5, 0.6) is 0 Å². The van der Waals surface area contributed by atoms with Gasteiger partial charge in [-0.3, -0.25) is 4.79 Å². The number of carbonyl (C=O) groups excluding carboxylic acids is 1. The molecule has 2 N–H and O–H groups in total. The van der Waals surface area contributed by atoms with Crippen LogP contribution in [0.1, 0.15) is 22.8 Å². The minimum atomic E-state index is -1.69. The summed E-state index contributed by atoms with van der Waals surface area (Å²) in [6.45, 7) is 1.11. The zero-order valence-electron chi connectivity index (χ0n) is 13.7. The van der Waals surface area contributed by atoms with Crippen molar-refractivity contribution in [2.45, 2.75) is 12.5 Å². The Bertz CT molecular complexity index is 748. The number of aromatic nitrogens is 1.